The molecule has 5 nitrogen and oxygen atoms in total. The Morgan fingerprint density at radius 1 is 0.578 bits per heavy atom. The molecular formula is C40H33N5. The molecule has 45 heavy (non-hydrogen) atoms. The third kappa shape index (κ3) is 4.92. The number of benzene rings is 6. The molecule has 218 valence electrons. The highest BCUT2D eigenvalue weighted by Crippen LogP contribution is 2.41. The van der Waals surface area contributed by atoms with Crippen molar-refractivity contribution < 1.29 is 0 Å². The van der Waals surface area contributed by atoms with Gasteiger partial charge in [-0.05, 0) is 52.1 Å². The number of amidine groups is 2. The van der Waals surface area contributed by atoms with E-state index in [1.807, 2.05) is 24.3 Å². The average molecular weight is 584 g/mol. The molecule has 2 unspecified atom stereocenters. The van der Waals surface area contributed by atoms with Crippen LogP contribution in [0.1, 0.15) is 41.5 Å². The molecule has 8 rings (SSSR count). The third-order valence-corrected chi connectivity index (χ3v) is 8.76. The van der Waals surface area contributed by atoms with E-state index >= 15 is 0 Å². The lowest BCUT2D eigenvalue weighted by atomic mass is 9.94. The molecule has 2 aliphatic heterocycles. The summed E-state index contributed by atoms with van der Waals surface area (Å²) in [6.45, 7) is 3.14. The fraction of sp³-hybridized carbons (Fsp3) is 0.100. The molecule has 2 aliphatic rings. The molecule has 2 N–H and O–H groups in total. The Kier molecular flexibility index (Phi) is 6.84. The van der Waals surface area contributed by atoms with Crippen LogP contribution in [0.2, 0.25) is 0 Å². The molecule has 0 spiro atoms. The van der Waals surface area contributed by atoms with E-state index in [-0.39, 0.29) is 12.3 Å². The Labute approximate surface area is 263 Å². The van der Waals surface area contributed by atoms with Crippen molar-refractivity contribution in [3.8, 4) is 11.1 Å². The zero-order valence-corrected chi connectivity index (χ0v) is 25.1. The van der Waals surface area contributed by atoms with Gasteiger partial charge >= 0.3 is 0 Å². The SMILES string of the molecule is CCN1c2ccccc2NC1c1ccc(-c2cccc3c(C4=NC(c5ccccc5)NC(c5ccccc5)=N4)cccc23)cc1. The Balaban J connectivity index is 1.18. The van der Waals surface area contributed by atoms with E-state index in [9.17, 15) is 0 Å². The maximum absolute atomic E-state index is 5.14. The van der Waals surface area contributed by atoms with Crippen molar-refractivity contribution in [3.05, 3.63) is 168 Å². The molecule has 0 fully saturated rings. The maximum atomic E-state index is 5.14. The van der Waals surface area contributed by atoms with Gasteiger partial charge in [0.25, 0.3) is 0 Å². The number of para-hydroxylation sites is 2. The first-order valence-corrected chi connectivity index (χ1v) is 15.5. The van der Waals surface area contributed by atoms with Gasteiger partial charge in [-0.3, -0.25) is 0 Å². The largest absolute Gasteiger partial charge is 0.360 e. The van der Waals surface area contributed by atoms with Crippen LogP contribution in [0.4, 0.5) is 11.4 Å². The molecule has 0 amide bonds. The van der Waals surface area contributed by atoms with Crippen molar-refractivity contribution >= 4 is 33.8 Å². The van der Waals surface area contributed by atoms with Gasteiger partial charge in [-0.2, -0.15) is 0 Å². The molecule has 6 aromatic carbocycles. The van der Waals surface area contributed by atoms with E-state index in [1.165, 1.54) is 33.5 Å². The fourth-order valence-corrected chi connectivity index (χ4v) is 6.55. The van der Waals surface area contributed by atoms with Crippen LogP contribution in [0.15, 0.2) is 156 Å². The molecule has 5 heteroatoms. The van der Waals surface area contributed by atoms with Gasteiger partial charge in [-0.15, -0.1) is 0 Å². The molecule has 0 aromatic heterocycles. The molecule has 2 heterocycles. The fourth-order valence-electron chi connectivity index (χ4n) is 6.55. The number of aliphatic imine (C=N–C) groups is 2. The summed E-state index contributed by atoms with van der Waals surface area (Å²) in [4.78, 5) is 12.6. The number of rotatable bonds is 6. The number of nitrogens with one attached hydrogen (secondary N) is 2. The van der Waals surface area contributed by atoms with Crippen molar-refractivity contribution in [1.82, 2.24) is 5.32 Å². The Morgan fingerprint density at radius 2 is 1.24 bits per heavy atom. The van der Waals surface area contributed by atoms with E-state index in [0.29, 0.717) is 0 Å². The highest BCUT2D eigenvalue weighted by molar-refractivity contribution is 6.18. The second-order valence-electron chi connectivity index (χ2n) is 11.4. The molecule has 0 bridgehead atoms. The minimum absolute atomic E-state index is 0.118. The predicted octanol–water partition coefficient (Wildman–Crippen LogP) is 8.95. The number of hydrogen-bond acceptors (Lipinski definition) is 5. The number of nitrogens with zero attached hydrogens (tertiary/aromatic N) is 3. The summed E-state index contributed by atoms with van der Waals surface area (Å²) in [5.41, 5.74) is 9.21. The van der Waals surface area contributed by atoms with Crippen LogP contribution in [-0.2, 0) is 0 Å². The molecule has 0 aliphatic carbocycles. The van der Waals surface area contributed by atoms with E-state index in [4.69, 9.17) is 9.98 Å². The molecule has 6 aromatic rings. The van der Waals surface area contributed by atoms with Crippen molar-refractivity contribution in [1.29, 1.82) is 0 Å². The quantitative estimate of drug-likeness (QED) is 0.206. The molecule has 0 saturated heterocycles. The average Bonchev–Trinajstić information content (AvgIpc) is 3.50. The lowest BCUT2D eigenvalue weighted by Crippen LogP contribution is -2.33. The zero-order chi connectivity index (χ0) is 30.2. The lowest BCUT2D eigenvalue weighted by Gasteiger charge is -2.26. The first-order valence-electron chi connectivity index (χ1n) is 15.5. The van der Waals surface area contributed by atoms with Gasteiger partial charge in [0.1, 0.15) is 18.2 Å². The second kappa shape index (κ2) is 11.4. The first kappa shape index (κ1) is 26.9. The van der Waals surface area contributed by atoms with Gasteiger partial charge in [-0.25, -0.2) is 9.98 Å². The second-order valence-corrected chi connectivity index (χ2v) is 11.4. The van der Waals surface area contributed by atoms with Crippen LogP contribution < -0.4 is 15.5 Å². The minimum atomic E-state index is -0.238. The standard InChI is InChI=1S/C40H33N5/c1-2-45-36-22-10-9-21-35(36)41-40(45)30-25-23-27(24-26-30)31-17-11-19-33-32(31)18-12-20-34(33)39-43-37(28-13-5-3-6-14-28)42-38(44-39)29-15-7-4-8-16-29/h3-26,37,40-41H,2H2,1H3,(H,42,43,44). The van der Waals surface area contributed by atoms with Gasteiger partial charge in [0, 0.05) is 17.7 Å². The van der Waals surface area contributed by atoms with Gasteiger partial charge in [0.15, 0.2) is 5.84 Å². The molecule has 2 atom stereocenters. The maximum Gasteiger partial charge on any atom is 0.160 e. The van der Waals surface area contributed by atoms with Crippen LogP contribution in [0.5, 0.6) is 0 Å². The number of anilines is 2. The summed E-state index contributed by atoms with van der Waals surface area (Å²) in [6.07, 6.45) is -0.120. The highest BCUT2D eigenvalue weighted by atomic mass is 15.3. The van der Waals surface area contributed by atoms with Crippen molar-refractivity contribution in [2.75, 3.05) is 16.8 Å². The van der Waals surface area contributed by atoms with Crippen LogP contribution in [0.3, 0.4) is 0 Å². The predicted molar refractivity (Wildman–Crippen MR) is 187 cm³/mol. The Bertz CT molecular complexity index is 2050. The van der Waals surface area contributed by atoms with Gasteiger partial charge in [-0.1, -0.05) is 133 Å². The topological polar surface area (TPSA) is 52.0 Å². The summed E-state index contributed by atoms with van der Waals surface area (Å²) in [6, 6.07) is 51.1. The van der Waals surface area contributed by atoms with Crippen LogP contribution >= 0.6 is 0 Å². The minimum Gasteiger partial charge on any atom is -0.360 e. The third-order valence-electron chi connectivity index (χ3n) is 8.76. The van der Waals surface area contributed by atoms with E-state index in [1.54, 1.807) is 0 Å². The van der Waals surface area contributed by atoms with Crippen molar-refractivity contribution in [2.24, 2.45) is 9.98 Å². The normalized spacial score (nSPS) is 17.2. The van der Waals surface area contributed by atoms with Crippen molar-refractivity contribution in [2.45, 2.75) is 19.3 Å². The molecule has 0 radical (unpaired) electrons. The number of fused-ring (bicyclic) bond motifs is 2. The zero-order valence-electron chi connectivity index (χ0n) is 25.1. The van der Waals surface area contributed by atoms with E-state index < -0.39 is 0 Å². The number of hydrogen-bond donors (Lipinski definition) is 2. The Morgan fingerprint density at radius 3 is 2.00 bits per heavy atom. The first-order chi connectivity index (χ1) is 22.3. The Hall–Kier alpha value is -5.68. The van der Waals surface area contributed by atoms with Gasteiger partial charge in [0.05, 0.1) is 11.4 Å². The van der Waals surface area contributed by atoms with E-state index in [2.05, 4.69) is 144 Å². The lowest BCUT2D eigenvalue weighted by molar-refractivity contribution is 0.674. The van der Waals surface area contributed by atoms with Crippen molar-refractivity contribution in [3.63, 3.8) is 0 Å². The van der Waals surface area contributed by atoms with Crippen LogP contribution in [0, 0.1) is 0 Å². The summed E-state index contributed by atoms with van der Waals surface area (Å²) in [7, 11) is 0. The van der Waals surface area contributed by atoms with Gasteiger partial charge in [0.2, 0.25) is 0 Å². The summed E-state index contributed by atoms with van der Waals surface area (Å²) in [5.74, 6) is 1.55. The molecule has 0 saturated carbocycles. The van der Waals surface area contributed by atoms with Gasteiger partial charge < -0.3 is 15.5 Å². The smallest absolute Gasteiger partial charge is 0.160 e. The summed E-state index contributed by atoms with van der Waals surface area (Å²) in [5, 5.41) is 9.59. The highest BCUT2D eigenvalue weighted by Gasteiger charge is 2.28. The van der Waals surface area contributed by atoms with Crippen LogP contribution in [0.25, 0.3) is 21.9 Å². The molecular weight excluding hydrogens is 550 g/mol. The van der Waals surface area contributed by atoms with Crippen LogP contribution in [-0.4, -0.2) is 18.2 Å². The monoisotopic (exact) mass is 583 g/mol. The van der Waals surface area contributed by atoms with E-state index in [0.717, 1.165) is 40.3 Å². The summed E-state index contributed by atoms with van der Waals surface area (Å²) < 4.78 is 0. The summed E-state index contributed by atoms with van der Waals surface area (Å²) >= 11 is 0.